The zero-order chi connectivity index (χ0) is 24.3. The first-order chi connectivity index (χ1) is 16.2. The summed E-state index contributed by atoms with van der Waals surface area (Å²) >= 11 is 1.56. The van der Waals surface area contributed by atoms with E-state index in [9.17, 15) is 9.59 Å². The third-order valence-corrected chi connectivity index (χ3v) is 9.29. The van der Waals surface area contributed by atoms with Crippen LogP contribution in [0.5, 0.6) is 5.19 Å². The van der Waals surface area contributed by atoms with E-state index >= 15 is 0 Å². The van der Waals surface area contributed by atoms with E-state index in [1.54, 1.807) is 16.2 Å². The highest BCUT2D eigenvalue weighted by Crippen LogP contribution is 2.35. The third kappa shape index (κ3) is 6.41. The molecule has 3 heterocycles. The maximum absolute atomic E-state index is 12.3. The van der Waals surface area contributed by atoms with Crippen LogP contribution >= 0.6 is 11.3 Å². The van der Waals surface area contributed by atoms with Crippen molar-refractivity contribution in [1.82, 2.24) is 14.8 Å². The molecule has 0 bridgehead atoms. The number of carbonyl (C=O) groups excluding carboxylic acids is 1. The number of thiazole rings is 1. The summed E-state index contributed by atoms with van der Waals surface area (Å²) in [7, 11) is -1.21. The van der Waals surface area contributed by atoms with Gasteiger partial charge in [0.2, 0.25) is 0 Å². The standard InChI is InChI=1S/C24H35N3O5SSi/c1-34(2,3)15-14-31-24(30)27-12-8-19(9-13-27)32-22-25-20-5-4-18(16-21(20)33-22)17-6-10-26(11-7-17)23(28)29/h4-5,16-17,19H,6-15H2,1-3H3,(H,28,29). The Morgan fingerprint density at radius 2 is 1.76 bits per heavy atom. The normalized spacial score (nSPS) is 18.3. The van der Waals surface area contributed by atoms with Crippen LogP contribution in [0.4, 0.5) is 9.59 Å². The maximum Gasteiger partial charge on any atom is 0.409 e. The van der Waals surface area contributed by atoms with Gasteiger partial charge < -0.3 is 24.4 Å². The third-order valence-electron chi connectivity index (χ3n) is 6.68. The van der Waals surface area contributed by atoms with Crippen molar-refractivity contribution in [2.75, 3.05) is 32.8 Å². The fourth-order valence-electron chi connectivity index (χ4n) is 4.46. The molecule has 0 unspecified atom stereocenters. The number of nitrogens with zero attached hydrogens (tertiary/aromatic N) is 3. The number of rotatable bonds is 6. The van der Waals surface area contributed by atoms with Crippen LogP contribution in [-0.2, 0) is 4.74 Å². The molecule has 2 saturated heterocycles. The fraction of sp³-hybridized carbons (Fsp3) is 0.625. The summed E-state index contributed by atoms with van der Waals surface area (Å²) in [5.41, 5.74) is 2.17. The maximum atomic E-state index is 12.3. The zero-order valence-electron chi connectivity index (χ0n) is 20.3. The lowest BCUT2D eigenvalue weighted by molar-refractivity contribution is 0.0702. The lowest BCUT2D eigenvalue weighted by Gasteiger charge is -2.31. The van der Waals surface area contributed by atoms with E-state index in [4.69, 9.17) is 14.6 Å². The van der Waals surface area contributed by atoms with Crippen molar-refractivity contribution in [3.63, 3.8) is 0 Å². The average Bonchev–Trinajstić information content (AvgIpc) is 3.20. The Balaban J connectivity index is 1.27. The molecule has 186 valence electrons. The molecule has 0 saturated carbocycles. The summed E-state index contributed by atoms with van der Waals surface area (Å²) < 4.78 is 12.7. The number of amides is 2. The van der Waals surface area contributed by atoms with Crippen LogP contribution in [0, 0.1) is 0 Å². The summed E-state index contributed by atoms with van der Waals surface area (Å²) in [4.78, 5) is 31.4. The van der Waals surface area contributed by atoms with Gasteiger partial charge in [0.05, 0.1) is 16.8 Å². The van der Waals surface area contributed by atoms with Gasteiger partial charge in [0, 0.05) is 47.1 Å². The molecule has 0 atom stereocenters. The summed E-state index contributed by atoms with van der Waals surface area (Å²) in [5, 5.41) is 9.83. The smallest absolute Gasteiger partial charge is 0.409 e. The second-order valence-corrected chi connectivity index (χ2v) is 17.1. The quantitative estimate of drug-likeness (QED) is 0.523. The summed E-state index contributed by atoms with van der Waals surface area (Å²) in [6, 6.07) is 7.31. The average molecular weight is 506 g/mol. The molecule has 2 aliphatic heterocycles. The van der Waals surface area contributed by atoms with Crippen molar-refractivity contribution in [2.24, 2.45) is 0 Å². The second kappa shape index (κ2) is 10.5. The molecule has 1 aromatic carbocycles. The number of carbonyl (C=O) groups is 2. The molecule has 4 rings (SSSR count). The molecule has 1 N–H and O–H groups in total. The van der Waals surface area contributed by atoms with Gasteiger partial charge >= 0.3 is 12.2 Å². The first-order valence-electron chi connectivity index (χ1n) is 12.1. The highest BCUT2D eigenvalue weighted by molar-refractivity contribution is 7.20. The van der Waals surface area contributed by atoms with Gasteiger partial charge in [0.1, 0.15) is 6.10 Å². The van der Waals surface area contributed by atoms with Gasteiger partial charge in [0.25, 0.3) is 5.19 Å². The van der Waals surface area contributed by atoms with Gasteiger partial charge in [-0.3, -0.25) is 0 Å². The van der Waals surface area contributed by atoms with Crippen LogP contribution in [0.3, 0.4) is 0 Å². The summed E-state index contributed by atoms with van der Waals surface area (Å²) in [5.74, 6) is 0.376. The number of hydrogen-bond donors (Lipinski definition) is 1. The van der Waals surface area contributed by atoms with E-state index in [0.29, 0.717) is 43.9 Å². The zero-order valence-corrected chi connectivity index (χ0v) is 22.1. The van der Waals surface area contributed by atoms with Crippen LogP contribution in [0.2, 0.25) is 25.7 Å². The molecule has 0 radical (unpaired) electrons. The Labute approximate surface area is 205 Å². The molecule has 34 heavy (non-hydrogen) atoms. The number of fused-ring (bicyclic) bond motifs is 1. The molecule has 2 aromatic rings. The number of aromatic nitrogens is 1. The lowest BCUT2D eigenvalue weighted by Crippen LogP contribution is -2.42. The Morgan fingerprint density at radius 1 is 1.09 bits per heavy atom. The van der Waals surface area contributed by atoms with E-state index < -0.39 is 14.2 Å². The van der Waals surface area contributed by atoms with E-state index in [-0.39, 0.29) is 12.2 Å². The van der Waals surface area contributed by atoms with Crippen LogP contribution in [0.15, 0.2) is 18.2 Å². The molecular weight excluding hydrogens is 470 g/mol. The predicted molar refractivity (Wildman–Crippen MR) is 136 cm³/mol. The minimum absolute atomic E-state index is 0.0476. The van der Waals surface area contributed by atoms with Crippen molar-refractivity contribution in [3.05, 3.63) is 23.8 Å². The van der Waals surface area contributed by atoms with E-state index in [0.717, 1.165) is 41.9 Å². The second-order valence-electron chi connectivity index (χ2n) is 10.5. The van der Waals surface area contributed by atoms with Crippen molar-refractivity contribution >= 4 is 41.8 Å². The summed E-state index contributed by atoms with van der Waals surface area (Å²) in [6.45, 7) is 9.78. The Morgan fingerprint density at radius 3 is 2.41 bits per heavy atom. The van der Waals surface area contributed by atoms with Crippen LogP contribution in [0.1, 0.15) is 37.2 Å². The Hall–Kier alpha value is -2.33. The molecular formula is C24H35N3O5SSi. The van der Waals surface area contributed by atoms with Crippen molar-refractivity contribution < 1.29 is 24.2 Å². The number of benzene rings is 1. The van der Waals surface area contributed by atoms with Gasteiger partial charge in [-0.15, -0.1) is 0 Å². The number of hydrogen-bond acceptors (Lipinski definition) is 6. The highest BCUT2D eigenvalue weighted by atomic mass is 32.1. The minimum atomic E-state index is -1.21. The van der Waals surface area contributed by atoms with E-state index in [1.807, 2.05) is 6.07 Å². The molecule has 2 fully saturated rings. The predicted octanol–water partition coefficient (Wildman–Crippen LogP) is 5.47. The van der Waals surface area contributed by atoms with Crippen LogP contribution in [-0.4, -0.2) is 79.0 Å². The minimum Gasteiger partial charge on any atom is -0.467 e. The summed E-state index contributed by atoms with van der Waals surface area (Å²) in [6.07, 6.45) is 2.24. The number of carboxylic acid groups (broad SMARTS) is 1. The molecule has 10 heteroatoms. The SMILES string of the molecule is C[Si](C)(C)CCOC(=O)N1CCC(Oc2nc3ccc(C4CCN(C(=O)O)CC4)cc3s2)CC1. The van der Waals surface area contributed by atoms with E-state index in [2.05, 4.69) is 36.8 Å². The van der Waals surface area contributed by atoms with E-state index in [1.165, 1.54) is 10.5 Å². The number of likely N-dealkylation sites (tertiary alicyclic amines) is 2. The topological polar surface area (TPSA) is 92.2 Å². The molecule has 1 aromatic heterocycles. The molecule has 2 amide bonds. The van der Waals surface area contributed by atoms with Gasteiger partial charge in [-0.1, -0.05) is 37.0 Å². The van der Waals surface area contributed by atoms with Crippen LogP contribution < -0.4 is 4.74 Å². The molecule has 0 aliphatic carbocycles. The van der Waals surface area contributed by atoms with Crippen molar-refractivity contribution in [3.8, 4) is 5.19 Å². The van der Waals surface area contributed by atoms with Crippen molar-refractivity contribution in [2.45, 2.75) is 63.4 Å². The Kier molecular flexibility index (Phi) is 7.66. The lowest BCUT2D eigenvalue weighted by atomic mass is 9.89. The highest BCUT2D eigenvalue weighted by Gasteiger charge is 2.27. The molecule has 0 spiro atoms. The first-order valence-corrected chi connectivity index (χ1v) is 16.7. The van der Waals surface area contributed by atoms with Gasteiger partial charge in [0.15, 0.2) is 0 Å². The molecule has 2 aliphatic rings. The van der Waals surface area contributed by atoms with Gasteiger partial charge in [-0.05, 0) is 42.5 Å². The van der Waals surface area contributed by atoms with Crippen LogP contribution in [0.25, 0.3) is 10.2 Å². The monoisotopic (exact) mass is 505 g/mol. The van der Waals surface area contributed by atoms with Crippen molar-refractivity contribution in [1.29, 1.82) is 0 Å². The molecule has 8 nitrogen and oxygen atoms in total. The largest absolute Gasteiger partial charge is 0.467 e. The van der Waals surface area contributed by atoms with Gasteiger partial charge in [-0.25, -0.2) is 14.6 Å². The first kappa shape index (κ1) is 24.8. The number of ether oxygens (including phenoxy) is 2. The fourth-order valence-corrected chi connectivity index (χ4v) is 6.11. The van der Waals surface area contributed by atoms with Gasteiger partial charge in [-0.2, -0.15) is 0 Å². The number of piperidine rings is 2. The Bertz CT molecular complexity index is 1010.